The third-order valence-electron chi connectivity index (χ3n) is 5.69. The van der Waals surface area contributed by atoms with E-state index in [0.717, 1.165) is 44.1 Å². The van der Waals surface area contributed by atoms with Gasteiger partial charge in [-0.2, -0.15) is 0 Å². The Labute approximate surface area is 162 Å². The Morgan fingerprint density at radius 1 is 1.07 bits per heavy atom. The van der Waals surface area contributed by atoms with Crippen molar-refractivity contribution in [1.29, 1.82) is 0 Å². The summed E-state index contributed by atoms with van der Waals surface area (Å²) in [5.41, 5.74) is 5.09. The Kier molecular flexibility index (Phi) is 4.41. The van der Waals surface area contributed by atoms with Crippen LogP contribution in [-0.2, 0) is 12.0 Å². The summed E-state index contributed by atoms with van der Waals surface area (Å²) in [6.07, 6.45) is 1.07. The number of fused-ring (bicyclic) bond motifs is 3. The van der Waals surface area contributed by atoms with E-state index in [0.29, 0.717) is 0 Å². The summed E-state index contributed by atoms with van der Waals surface area (Å²) in [5.74, 6) is 0. The molecule has 2 aromatic carbocycles. The summed E-state index contributed by atoms with van der Waals surface area (Å²) in [6.45, 7) is 6.65. The number of hydrogen-bond acceptors (Lipinski definition) is 3. The lowest BCUT2D eigenvalue weighted by molar-refractivity contribution is 0.282. The molecule has 0 saturated heterocycles. The van der Waals surface area contributed by atoms with Crippen LogP contribution in [0.4, 0.5) is 0 Å². The number of aliphatic hydroxyl groups is 1. The van der Waals surface area contributed by atoms with Crippen LogP contribution in [-0.4, -0.2) is 10.1 Å². The van der Waals surface area contributed by atoms with Gasteiger partial charge in [-0.1, -0.05) is 51.1 Å². The highest BCUT2D eigenvalue weighted by molar-refractivity contribution is 7.17. The molecule has 0 aliphatic heterocycles. The summed E-state index contributed by atoms with van der Waals surface area (Å²) in [4.78, 5) is 15.3. The molecule has 2 N–H and O–H groups in total. The van der Waals surface area contributed by atoms with E-state index in [2.05, 4.69) is 50.0 Å². The molecule has 0 aliphatic carbocycles. The van der Waals surface area contributed by atoms with Gasteiger partial charge < -0.3 is 10.1 Å². The molecule has 0 spiro atoms. The molecule has 0 unspecified atom stereocenters. The number of thiophene rings is 1. The van der Waals surface area contributed by atoms with E-state index in [4.69, 9.17) is 0 Å². The summed E-state index contributed by atoms with van der Waals surface area (Å²) in [5, 5.41) is 13.9. The van der Waals surface area contributed by atoms with Crippen molar-refractivity contribution in [2.75, 3.05) is 0 Å². The van der Waals surface area contributed by atoms with E-state index in [1.54, 1.807) is 0 Å². The van der Waals surface area contributed by atoms with Gasteiger partial charge in [0.2, 0.25) is 0 Å². The lowest BCUT2D eigenvalue weighted by Crippen LogP contribution is -2.15. The Morgan fingerprint density at radius 2 is 1.81 bits per heavy atom. The molecule has 0 radical (unpaired) electrons. The van der Waals surface area contributed by atoms with Gasteiger partial charge in [-0.05, 0) is 51.6 Å². The number of H-pyrrole nitrogens is 1. The second kappa shape index (κ2) is 6.63. The molecule has 0 atom stereocenters. The van der Waals surface area contributed by atoms with Crippen LogP contribution in [0, 0.1) is 0 Å². The van der Waals surface area contributed by atoms with Crippen molar-refractivity contribution in [3.8, 4) is 11.1 Å². The normalized spacial score (nSPS) is 12.1. The van der Waals surface area contributed by atoms with E-state index in [-0.39, 0.29) is 17.6 Å². The fourth-order valence-electron chi connectivity index (χ4n) is 3.64. The quantitative estimate of drug-likeness (QED) is 0.487. The van der Waals surface area contributed by atoms with Crippen molar-refractivity contribution < 1.29 is 5.11 Å². The molecule has 4 heteroatoms. The van der Waals surface area contributed by atoms with Gasteiger partial charge in [0.05, 0.1) is 6.61 Å². The fraction of sp³-hybridized carbons (Fsp3) is 0.261. The van der Waals surface area contributed by atoms with Crippen LogP contribution in [0.2, 0.25) is 0 Å². The number of nitrogens with one attached hydrogen (secondary N) is 1. The highest BCUT2D eigenvalue weighted by Gasteiger charge is 2.19. The van der Waals surface area contributed by atoms with E-state index >= 15 is 0 Å². The topological polar surface area (TPSA) is 53.1 Å². The molecule has 4 aromatic rings. The predicted octanol–water partition coefficient (Wildman–Crippen LogP) is 5.59. The first kappa shape index (κ1) is 18.0. The zero-order valence-electron chi connectivity index (χ0n) is 15.8. The van der Waals surface area contributed by atoms with E-state index < -0.39 is 0 Å². The van der Waals surface area contributed by atoms with Crippen molar-refractivity contribution in [3.05, 3.63) is 69.3 Å². The molecule has 0 fully saturated rings. The van der Waals surface area contributed by atoms with Gasteiger partial charge in [0, 0.05) is 16.3 Å². The van der Waals surface area contributed by atoms with Crippen LogP contribution < -0.4 is 5.56 Å². The lowest BCUT2D eigenvalue weighted by atomic mass is 9.81. The van der Waals surface area contributed by atoms with Crippen molar-refractivity contribution in [3.63, 3.8) is 0 Å². The average Bonchev–Trinajstić information content (AvgIpc) is 3.18. The SMILES string of the molecule is CCC(C)(C)c1ccc(-c2c(CO)ccc3[nH]c(=O)c4sccc4c23)cc1. The van der Waals surface area contributed by atoms with Gasteiger partial charge in [-0.25, -0.2) is 0 Å². The number of aromatic nitrogens is 1. The van der Waals surface area contributed by atoms with Crippen LogP contribution in [0.1, 0.15) is 38.3 Å². The number of pyridine rings is 1. The standard InChI is InChI=1S/C23H23NO2S/c1-4-23(2,3)16-8-5-14(6-9-16)19-15(13-25)7-10-18-20(19)17-11-12-27-21(17)22(26)24-18/h5-12,25H,4,13H2,1-3H3,(H,24,26). The smallest absolute Gasteiger partial charge is 0.266 e. The zero-order chi connectivity index (χ0) is 19.2. The zero-order valence-corrected chi connectivity index (χ0v) is 16.6. The van der Waals surface area contributed by atoms with Gasteiger partial charge in [0.15, 0.2) is 0 Å². The monoisotopic (exact) mass is 377 g/mol. The first-order chi connectivity index (χ1) is 13.0. The minimum absolute atomic E-state index is 0.0434. The molecule has 2 aromatic heterocycles. The number of rotatable bonds is 4. The molecule has 4 rings (SSSR count). The number of hydrogen-bond donors (Lipinski definition) is 2. The third kappa shape index (κ3) is 2.89. The molecule has 0 saturated carbocycles. The summed E-state index contributed by atoms with van der Waals surface area (Å²) in [7, 11) is 0. The second-order valence-corrected chi connectivity index (χ2v) is 8.53. The summed E-state index contributed by atoms with van der Waals surface area (Å²) < 4.78 is 0.725. The molecular formula is C23H23NO2S. The lowest BCUT2D eigenvalue weighted by Gasteiger charge is -2.23. The fourth-order valence-corrected chi connectivity index (χ4v) is 4.44. The van der Waals surface area contributed by atoms with Crippen LogP contribution in [0.5, 0.6) is 0 Å². The summed E-state index contributed by atoms with van der Waals surface area (Å²) in [6, 6.07) is 14.4. The highest BCUT2D eigenvalue weighted by Crippen LogP contribution is 2.37. The highest BCUT2D eigenvalue weighted by atomic mass is 32.1. The number of benzene rings is 2. The van der Waals surface area contributed by atoms with Crippen molar-refractivity contribution in [2.45, 2.75) is 39.2 Å². The Morgan fingerprint density at radius 3 is 2.48 bits per heavy atom. The average molecular weight is 378 g/mol. The van der Waals surface area contributed by atoms with E-state index in [1.807, 2.05) is 23.6 Å². The van der Waals surface area contributed by atoms with E-state index in [1.165, 1.54) is 16.9 Å². The van der Waals surface area contributed by atoms with Crippen LogP contribution in [0.3, 0.4) is 0 Å². The molecule has 0 bridgehead atoms. The van der Waals surface area contributed by atoms with Gasteiger partial charge in [0.25, 0.3) is 5.56 Å². The number of aromatic amines is 1. The van der Waals surface area contributed by atoms with Crippen molar-refractivity contribution in [1.82, 2.24) is 4.98 Å². The minimum Gasteiger partial charge on any atom is -0.392 e. The molecular weight excluding hydrogens is 354 g/mol. The van der Waals surface area contributed by atoms with Crippen LogP contribution in [0.15, 0.2) is 52.6 Å². The van der Waals surface area contributed by atoms with Crippen LogP contribution in [0.25, 0.3) is 32.1 Å². The van der Waals surface area contributed by atoms with Crippen molar-refractivity contribution >= 4 is 32.3 Å². The minimum atomic E-state index is -0.0600. The first-order valence-electron chi connectivity index (χ1n) is 9.23. The third-order valence-corrected chi connectivity index (χ3v) is 6.60. The van der Waals surface area contributed by atoms with E-state index in [9.17, 15) is 9.90 Å². The maximum absolute atomic E-state index is 12.3. The molecule has 3 nitrogen and oxygen atoms in total. The molecule has 2 heterocycles. The van der Waals surface area contributed by atoms with Crippen LogP contribution >= 0.6 is 11.3 Å². The molecule has 0 aliphatic rings. The molecule has 0 amide bonds. The second-order valence-electron chi connectivity index (χ2n) is 7.61. The van der Waals surface area contributed by atoms with Gasteiger partial charge in [-0.3, -0.25) is 4.79 Å². The molecule has 27 heavy (non-hydrogen) atoms. The number of aliphatic hydroxyl groups excluding tert-OH is 1. The Bertz CT molecular complexity index is 1180. The maximum Gasteiger partial charge on any atom is 0.266 e. The summed E-state index contributed by atoms with van der Waals surface area (Å²) >= 11 is 1.45. The Balaban J connectivity index is 2.03. The molecule has 138 valence electrons. The maximum atomic E-state index is 12.3. The van der Waals surface area contributed by atoms with Gasteiger partial charge in [-0.15, -0.1) is 11.3 Å². The van der Waals surface area contributed by atoms with Gasteiger partial charge in [0.1, 0.15) is 4.70 Å². The predicted molar refractivity (Wildman–Crippen MR) is 115 cm³/mol. The Hall–Kier alpha value is -2.43. The van der Waals surface area contributed by atoms with Crippen molar-refractivity contribution in [2.24, 2.45) is 0 Å². The largest absolute Gasteiger partial charge is 0.392 e. The first-order valence-corrected chi connectivity index (χ1v) is 10.1. The van der Waals surface area contributed by atoms with Gasteiger partial charge >= 0.3 is 0 Å².